The Labute approximate surface area is 90.6 Å². The van der Waals surface area contributed by atoms with Crippen molar-refractivity contribution in [2.45, 2.75) is 25.8 Å². The van der Waals surface area contributed by atoms with Crippen molar-refractivity contribution in [3.63, 3.8) is 0 Å². The van der Waals surface area contributed by atoms with Crippen LogP contribution >= 0.6 is 11.8 Å². The first kappa shape index (κ1) is 11.9. The fourth-order valence-corrected chi connectivity index (χ4v) is 2.23. The van der Waals surface area contributed by atoms with Crippen LogP contribution in [0.15, 0.2) is 0 Å². The number of hydrogen-bond acceptors (Lipinski definition) is 3. The largest absolute Gasteiger partial charge is 0.341 e. The average molecular weight is 216 g/mol. The molecule has 0 aromatic heterocycles. The van der Waals surface area contributed by atoms with Gasteiger partial charge in [-0.3, -0.25) is 4.79 Å². The quantitative estimate of drug-likeness (QED) is 0.742. The van der Waals surface area contributed by atoms with Gasteiger partial charge in [0.2, 0.25) is 5.91 Å². The molecule has 82 valence electrons. The Bertz CT molecular complexity index is 181. The second-order valence-electron chi connectivity index (χ2n) is 3.66. The number of amides is 1. The summed E-state index contributed by atoms with van der Waals surface area (Å²) >= 11 is 1.60. The Kier molecular flexibility index (Phi) is 5.33. The van der Waals surface area contributed by atoms with Gasteiger partial charge in [-0.2, -0.15) is 11.8 Å². The van der Waals surface area contributed by atoms with Gasteiger partial charge in [-0.05, 0) is 32.6 Å². The lowest BCUT2D eigenvalue weighted by molar-refractivity contribution is -0.128. The third-order valence-corrected chi connectivity index (χ3v) is 3.14. The fraction of sp³-hybridized carbons (Fsp3) is 0.900. The van der Waals surface area contributed by atoms with Gasteiger partial charge >= 0.3 is 0 Å². The molecule has 3 nitrogen and oxygen atoms in total. The van der Waals surface area contributed by atoms with Crippen LogP contribution in [0, 0.1) is 0 Å². The summed E-state index contributed by atoms with van der Waals surface area (Å²) in [6.45, 7) is 4.87. The van der Waals surface area contributed by atoms with Crippen LogP contribution in [0.3, 0.4) is 0 Å². The van der Waals surface area contributed by atoms with Crippen LogP contribution < -0.4 is 5.32 Å². The molecule has 1 amide bonds. The monoisotopic (exact) mass is 216 g/mol. The maximum absolute atomic E-state index is 11.6. The molecule has 1 rings (SSSR count). The molecule has 1 fully saturated rings. The first-order valence-corrected chi connectivity index (χ1v) is 6.67. The Morgan fingerprint density at radius 2 is 2.43 bits per heavy atom. The number of rotatable bonds is 5. The van der Waals surface area contributed by atoms with Crippen LogP contribution in [-0.4, -0.2) is 48.5 Å². The minimum atomic E-state index is 0.272. The van der Waals surface area contributed by atoms with E-state index in [1.807, 2.05) is 18.1 Å². The number of hydrogen-bond donors (Lipinski definition) is 1. The SMILES string of the molecule is CCN(CC1CCCN1)C(=O)CSC. The van der Waals surface area contributed by atoms with E-state index in [9.17, 15) is 4.79 Å². The molecule has 1 N–H and O–H groups in total. The van der Waals surface area contributed by atoms with E-state index in [0.717, 1.165) is 19.6 Å². The highest BCUT2D eigenvalue weighted by Crippen LogP contribution is 2.08. The zero-order chi connectivity index (χ0) is 10.4. The van der Waals surface area contributed by atoms with Crippen molar-refractivity contribution in [3.05, 3.63) is 0 Å². The third-order valence-electron chi connectivity index (χ3n) is 2.61. The molecular weight excluding hydrogens is 196 g/mol. The molecule has 1 heterocycles. The zero-order valence-electron chi connectivity index (χ0n) is 9.08. The van der Waals surface area contributed by atoms with E-state index >= 15 is 0 Å². The van der Waals surface area contributed by atoms with Crippen molar-refractivity contribution in [3.8, 4) is 0 Å². The third kappa shape index (κ3) is 3.50. The van der Waals surface area contributed by atoms with Crippen molar-refractivity contribution >= 4 is 17.7 Å². The molecular formula is C10H20N2OS. The predicted octanol–water partition coefficient (Wildman–Crippen LogP) is 0.950. The molecule has 0 radical (unpaired) electrons. The Morgan fingerprint density at radius 3 is 2.93 bits per heavy atom. The van der Waals surface area contributed by atoms with Gasteiger partial charge < -0.3 is 10.2 Å². The van der Waals surface area contributed by atoms with Crippen LogP contribution in [0.4, 0.5) is 0 Å². The van der Waals surface area contributed by atoms with Gasteiger partial charge in [0.25, 0.3) is 0 Å². The van der Waals surface area contributed by atoms with E-state index in [1.54, 1.807) is 11.8 Å². The lowest BCUT2D eigenvalue weighted by Gasteiger charge is -2.24. The summed E-state index contributed by atoms with van der Waals surface area (Å²) in [4.78, 5) is 13.6. The summed E-state index contributed by atoms with van der Waals surface area (Å²) in [5, 5.41) is 3.42. The number of thioether (sulfide) groups is 1. The van der Waals surface area contributed by atoms with E-state index in [4.69, 9.17) is 0 Å². The van der Waals surface area contributed by atoms with Crippen molar-refractivity contribution < 1.29 is 4.79 Å². The molecule has 4 heteroatoms. The molecule has 14 heavy (non-hydrogen) atoms. The Balaban J connectivity index is 2.33. The lowest BCUT2D eigenvalue weighted by atomic mass is 10.2. The summed E-state index contributed by atoms with van der Waals surface area (Å²) in [7, 11) is 0. The topological polar surface area (TPSA) is 32.3 Å². The number of carbonyl (C=O) groups is 1. The van der Waals surface area contributed by atoms with Crippen molar-refractivity contribution in [2.24, 2.45) is 0 Å². The first-order chi connectivity index (χ1) is 6.77. The normalized spacial score (nSPS) is 21.1. The van der Waals surface area contributed by atoms with Crippen LogP contribution in [0.1, 0.15) is 19.8 Å². The number of nitrogens with one attached hydrogen (secondary N) is 1. The maximum atomic E-state index is 11.6. The summed E-state index contributed by atoms with van der Waals surface area (Å²) in [5.74, 6) is 0.884. The van der Waals surface area contributed by atoms with E-state index in [-0.39, 0.29) is 5.91 Å². The van der Waals surface area contributed by atoms with Crippen molar-refractivity contribution in [1.29, 1.82) is 0 Å². The Morgan fingerprint density at radius 1 is 1.64 bits per heavy atom. The van der Waals surface area contributed by atoms with Gasteiger partial charge in [-0.1, -0.05) is 0 Å². The molecule has 0 aromatic rings. The van der Waals surface area contributed by atoms with Gasteiger partial charge in [0, 0.05) is 19.1 Å². The molecule has 1 saturated heterocycles. The second-order valence-corrected chi connectivity index (χ2v) is 4.52. The van der Waals surface area contributed by atoms with E-state index in [2.05, 4.69) is 5.32 Å². The Hall–Kier alpha value is -0.220. The van der Waals surface area contributed by atoms with Crippen molar-refractivity contribution in [1.82, 2.24) is 10.2 Å². The van der Waals surface area contributed by atoms with Crippen LogP contribution in [0.5, 0.6) is 0 Å². The molecule has 0 saturated carbocycles. The highest BCUT2D eigenvalue weighted by Gasteiger charge is 2.19. The van der Waals surface area contributed by atoms with E-state index in [0.29, 0.717) is 11.8 Å². The second kappa shape index (κ2) is 6.30. The minimum absolute atomic E-state index is 0.272. The summed E-state index contributed by atoms with van der Waals surface area (Å²) in [5.41, 5.74) is 0. The number of likely N-dealkylation sites (N-methyl/N-ethyl adjacent to an activating group) is 1. The molecule has 0 aromatic carbocycles. The predicted molar refractivity (Wildman–Crippen MR) is 61.7 cm³/mol. The molecule has 1 unspecified atom stereocenters. The first-order valence-electron chi connectivity index (χ1n) is 5.28. The molecule has 1 aliphatic rings. The number of nitrogens with zero attached hydrogens (tertiary/aromatic N) is 1. The highest BCUT2D eigenvalue weighted by molar-refractivity contribution is 7.99. The average Bonchev–Trinajstić information content (AvgIpc) is 2.66. The van der Waals surface area contributed by atoms with E-state index in [1.165, 1.54) is 12.8 Å². The van der Waals surface area contributed by atoms with Gasteiger partial charge in [0.05, 0.1) is 5.75 Å². The number of carbonyl (C=O) groups excluding carboxylic acids is 1. The van der Waals surface area contributed by atoms with Gasteiger partial charge in [0.1, 0.15) is 0 Å². The molecule has 0 bridgehead atoms. The van der Waals surface area contributed by atoms with Gasteiger partial charge in [0.15, 0.2) is 0 Å². The fourth-order valence-electron chi connectivity index (χ4n) is 1.80. The van der Waals surface area contributed by atoms with Crippen LogP contribution in [0.2, 0.25) is 0 Å². The van der Waals surface area contributed by atoms with Crippen LogP contribution in [0.25, 0.3) is 0 Å². The molecule has 0 spiro atoms. The summed E-state index contributed by atoms with van der Waals surface area (Å²) in [6, 6.07) is 0.528. The zero-order valence-corrected chi connectivity index (χ0v) is 9.90. The summed E-state index contributed by atoms with van der Waals surface area (Å²) < 4.78 is 0. The highest BCUT2D eigenvalue weighted by atomic mass is 32.2. The van der Waals surface area contributed by atoms with Gasteiger partial charge in [-0.15, -0.1) is 0 Å². The standard InChI is InChI=1S/C10H20N2OS/c1-3-12(10(13)8-14-2)7-9-5-4-6-11-9/h9,11H,3-8H2,1-2H3. The molecule has 1 aliphatic heterocycles. The molecule has 0 aliphatic carbocycles. The lowest BCUT2D eigenvalue weighted by Crippen LogP contribution is -2.41. The summed E-state index contributed by atoms with van der Waals surface area (Å²) in [6.07, 6.45) is 4.43. The van der Waals surface area contributed by atoms with E-state index < -0.39 is 0 Å². The maximum Gasteiger partial charge on any atom is 0.232 e. The van der Waals surface area contributed by atoms with Crippen LogP contribution in [-0.2, 0) is 4.79 Å². The minimum Gasteiger partial charge on any atom is -0.341 e. The molecule has 1 atom stereocenters. The van der Waals surface area contributed by atoms with Gasteiger partial charge in [-0.25, -0.2) is 0 Å². The smallest absolute Gasteiger partial charge is 0.232 e. The van der Waals surface area contributed by atoms with Crippen molar-refractivity contribution in [2.75, 3.05) is 31.6 Å².